The van der Waals surface area contributed by atoms with E-state index >= 15 is 0 Å². The van der Waals surface area contributed by atoms with Crippen LogP contribution in [0.3, 0.4) is 0 Å². The van der Waals surface area contributed by atoms with Gasteiger partial charge in [0.15, 0.2) is 0 Å². The highest BCUT2D eigenvalue weighted by Gasteiger charge is 2.42. The lowest BCUT2D eigenvalue weighted by Gasteiger charge is -2.38. The van der Waals surface area contributed by atoms with Gasteiger partial charge in [-0.1, -0.05) is 107 Å². The molecule has 1 heterocycles. The van der Waals surface area contributed by atoms with Crippen molar-refractivity contribution in [3.63, 3.8) is 0 Å². The maximum atomic E-state index is 13.3. The lowest BCUT2D eigenvalue weighted by Crippen LogP contribution is -2.44. The number of carbonyl (C=O) groups excluding carboxylic acids is 1. The molecular formula is C33H40BrNO4. The molecular weight excluding hydrogens is 554 g/mol. The van der Waals surface area contributed by atoms with Crippen LogP contribution in [-0.2, 0) is 19.8 Å². The number of rotatable bonds is 11. The lowest BCUT2D eigenvalue weighted by atomic mass is 9.80. The number of amides is 1. The van der Waals surface area contributed by atoms with Gasteiger partial charge < -0.3 is 19.1 Å². The van der Waals surface area contributed by atoms with Gasteiger partial charge in [-0.15, -0.1) is 0 Å². The van der Waals surface area contributed by atoms with E-state index in [1.165, 1.54) is 0 Å². The predicted octanol–water partition coefficient (Wildman–Crippen LogP) is 7.56. The number of ether oxygens (including phenoxy) is 3. The molecule has 0 saturated carbocycles. The summed E-state index contributed by atoms with van der Waals surface area (Å²) < 4.78 is 19.1. The summed E-state index contributed by atoms with van der Waals surface area (Å²) in [5.41, 5.74) is 1.67. The molecule has 4 rings (SSSR count). The largest absolute Gasteiger partial charge is 0.444 e. The summed E-state index contributed by atoms with van der Waals surface area (Å²) >= 11 is 3.48. The number of hydrogen-bond donors (Lipinski definition) is 0. The van der Waals surface area contributed by atoms with E-state index in [9.17, 15) is 4.79 Å². The molecule has 0 aliphatic carbocycles. The first-order valence-corrected chi connectivity index (χ1v) is 14.9. The zero-order chi connectivity index (χ0) is 27.7. The zero-order valence-electron chi connectivity index (χ0n) is 23.2. The molecule has 5 nitrogen and oxygen atoms in total. The van der Waals surface area contributed by atoms with Crippen LogP contribution in [0, 0.1) is 0 Å². The topological polar surface area (TPSA) is 48.0 Å². The van der Waals surface area contributed by atoms with Gasteiger partial charge in [0, 0.05) is 11.9 Å². The Bertz CT molecular complexity index is 1050. The van der Waals surface area contributed by atoms with E-state index in [0.29, 0.717) is 26.2 Å². The number of alkyl halides is 1. The summed E-state index contributed by atoms with van der Waals surface area (Å²) in [7, 11) is 0. The zero-order valence-corrected chi connectivity index (χ0v) is 24.8. The Labute approximate surface area is 241 Å². The minimum Gasteiger partial charge on any atom is -0.444 e. The average Bonchev–Trinajstić information content (AvgIpc) is 3.36. The molecule has 2 atom stereocenters. The Balaban J connectivity index is 1.66. The van der Waals surface area contributed by atoms with E-state index in [4.69, 9.17) is 14.2 Å². The van der Waals surface area contributed by atoms with Crippen LogP contribution in [-0.4, -0.2) is 53.8 Å². The third-order valence-corrected chi connectivity index (χ3v) is 7.48. The Morgan fingerprint density at radius 3 is 1.82 bits per heavy atom. The van der Waals surface area contributed by atoms with E-state index < -0.39 is 11.2 Å². The van der Waals surface area contributed by atoms with Crippen molar-refractivity contribution in [2.24, 2.45) is 0 Å². The highest BCUT2D eigenvalue weighted by atomic mass is 79.9. The fourth-order valence-electron chi connectivity index (χ4n) is 5.13. The van der Waals surface area contributed by atoms with Crippen molar-refractivity contribution in [3.8, 4) is 0 Å². The smallest absolute Gasteiger partial charge is 0.410 e. The molecule has 0 N–H and O–H groups in total. The van der Waals surface area contributed by atoms with Crippen LogP contribution in [0.25, 0.3) is 0 Å². The quantitative estimate of drug-likeness (QED) is 0.131. The Morgan fingerprint density at radius 2 is 1.36 bits per heavy atom. The predicted molar refractivity (Wildman–Crippen MR) is 159 cm³/mol. The first kappa shape index (κ1) is 29.3. The van der Waals surface area contributed by atoms with Crippen molar-refractivity contribution in [1.29, 1.82) is 0 Å². The summed E-state index contributed by atoms with van der Waals surface area (Å²) in [5, 5.41) is 0.960. The standard InChI is InChI=1S/C33H40BrNO4/c1-32(2,3)39-31(36)35-24-30(37-22-14-13-21-34)23-29(35)25-38-33(26-15-7-4-8-16-26,27-17-9-5-10-18-27)28-19-11-6-12-20-28/h4-12,15-20,29-30H,13-14,21-25H2,1-3H3. The van der Waals surface area contributed by atoms with Crippen molar-refractivity contribution >= 4 is 22.0 Å². The number of benzene rings is 3. The molecule has 0 aromatic heterocycles. The molecule has 1 saturated heterocycles. The second kappa shape index (κ2) is 13.6. The van der Waals surface area contributed by atoms with E-state index in [0.717, 1.165) is 34.9 Å². The van der Waals surface area contributed by atoms with Crippen LogP contribution in [0.2, 0.25) is 0 Å². The molecule has 1 aliphatic rings. The maximum absolute atomic E-state index is 13.3. The molecule has 0 spiro atoms. The molecule has 208 valence electrons. The highest BCUT2D eigenvalue weighted by Crippen LogP contribution is 2.41. The number of hydrogen-bond acceptors (Lipinski definition) is 4. The fourth-order valence-corrected chi connectivity index (χ4v) is 5.53. The fraction of sp³-hybridized carbons (Fsp3) is 0.424. The molecule has 0 radical (unpaired) electrons. The minimum absolute atomic E-state index is 0.0546. The van der Waals surface area contributed by atoms with Crippen LogP contribution in [0.4, 0.5) is 4.79 Å². The molecule has 1 amide bonds. The number of likely N-dealkylation sites (tertiary alicyclic amines) is 1. The van der Waals surface area contributed by atoms with Crippen molar-refractivity contribution < 1.29 is 19.0 Å². The van der Waals surface area contributed by atoms with Gasteiger partial charge in [0.1, 0.15) is 11.2 Å². The first-order chi connectivity index (χ1) is 18.8. The van der Waals surface area contributed by atoms with Gasteiger partial charge in [-0.3, -0.25) is 0 Å². The average molecular weight is 595 g/mol. The number of unbranched alkanes of at least 4 members (excludes halogenated alkanes) is 1. The molecule has 2 unspecified atom stereocenters. The first-order valence-electron chi connectivity index (χ1n) is 13.8. The molecule has 6 heteroatoms. The Hall–Kier alpha value is -2.67. The number of carbonyl (C=O) groups is 1. The van der Waals surface area contributed by atoms with Gasteiger partial charge in [0.25, 0.3) is 0 Å². The van der Waals surface area contributed by atoms with Gasteiger partial charge in [-0.2, -0.15) is 0 Å². The molecule has 0 bridgehead atoms. The van der Waals surface area contributed by atoms with Gasteiger partial charge >= 0.3 is 6.09 Å². The number of halogens is 1. The summed E-state index contributed by atoms with van der Waals surface area (Å²) in [4.78, 5) is 15.1. The van der Waals surface area contributed by atoms with Crippen molar-refractivity contribution in [2.45, 2.75) is 63.4 Å². The SMILES string of the molecule is CC(C)(C)OC(=O)N1CC(OCCCCBr)CC1COC(c1ccccc1)(c1ccccc1)c1ccccc1. The van der Waals surface area contributed by atoms with Crippen molar-refractivity contribution in [2.75, 3.05) is 25.1 Å². The van der Waals surface area contributed by atoms with Crippen molar-refractivity contribution in [1.82, 2.24) is 4.90 Å². The number of nitrogens with zero attached hydrogens (tertiary/aromatic N) is 1. The van der Waals surface area contributed by atoms with E-state index in [1.54, 1.807) is 4.90 Å². The third kappa shape index (κ3) is 7.50. The molecule has 1 aliphatic heterocycles. The van der Waals surface area contributed by atoms with Gasteiger partial charge in [-0.05, 0) is 56.7 Å². The molecule has 39 heavy (non-hydrogen) atoms. The minimum atomic E-state index is -0.849. The second-order valence-electron chi connectivity index (χ2n) is 11.0. The van der Waals surface area contributed by atoms with Crippen LogP contribution >= 0.6 is 15.9 Å². The summed E-state index contributed by atoms with van der Waals surface area (Å²) in [6.07, 6.45) is 2.35. The van der Waals surface area contributed by atoms with Crippen LogP contribution in [0.5, 0.6) is 0 Å². The van der Waals surface area contributed by atoms with E-state index in [-0.39, 0.29) is 18.2 Å². The van der Waals surface area contributed by atoms with E-state index in [2.05, 4.69) is 52.3 Å². The van der Waals surface area contributed by atoms with Gasteiger partial charge in [0.2, 0.25) is 0 Å². The maximum Gasteiger partial charge on any atom is 0.410 e. The molecule has 1 fully saturated rings. The second-order valence-corrected chi connectivity index (χ2v) is 11.8. The Kier molecular flexibility index (Phi) is 10.2. The normalized spacial score (nSPS) is 17.8. The van der Waals surface area contributed by atoms with Gasteiger partial charge in [0.05, 0.1) is 25.3 Å². The van der Waals surface area contributed by atoms with Crippen LogP contribution in [0.1, 0.15) is 56.7 Å². The van der Waals surface area contributed by atoms with E-state index in [1.807, 2.05) is 75.4 Å². The van der Waals surface area contributed by atoms with Crippen LogP contribution in [0.15, 0.2) is 91.0 Å². The van der Waals surface area contributed by atoms with Crippen LogP contribution < -0.4 is 0 Å². The Morgan fingerprint density at radius 1 is 0.846 bits per heavy atom. The molecule has 3 aromatic rings. The summed E-state index contributed by atoms with van der Waals surface area (Å²) in [6, 6.07) is 30.8. The van der Waals surface area contributed by atoms with Crippen molar-refractivity contribution in [3.05, 3.63) is 108 Å². The molecule has 3 aromatic carbocycles. The van der Waals surface area contributed by atoms with Gasteiger partial charge in [-0.25, -0.2) is 4.79 Å². The third-order valence-electron chi connectivity index (χ3n) is 6.92. The summed E-state index contributed by atoms with van der Waals surface area (Å²) in [6.45, 7) is 7.18. The monoisotopic (exact) mass is 593 g/mol. The highest BCUT2D eigenvalue weighted by molar-refractivity contribution is 9.09. The lowest BCUT2D eigenvalue weighted by molar-refractivity contribution is -0.0251. The summed E-state index contributed by atoms with van der Waals surface area (Å²) in [5.74, 6) is 0.